The molecular formula is C17H20N2O. The van der Waals surface area contributed by atoms with Crippen LogP contribution in [0.2, 0.25) is 0 Å². The minimum Gasteiger partial charge on any atom is -0.398 e. The summed E-state index contributed by atoms with van der Waals surface area (Å²) in [6.07, 6.45) is 6.79. The van der Waals surface area contributed by atoms with E-state index in [1.165, 1.54) is 32.1 Å². The number of hydrogen-bond donors (Lipinski definition) is 1. The monoisotopic (exact) mass is 268 g/mol. The molecule has 104 valence electrons. The number of anilines is 1. The van der Waals surface area contributed by atoms with Crippen molar-refractivity contribution in [3.8, 4) is 0 Å². The van der Waals surface area contributed by atoms with Crippen molar-refractivity contribution in [1.82, 2.24) is 4.98 Å². The number of ketones is 1. The lowest BCUT2D eigenvalue weighted by atomic mass is 9.85. The number of nitrogens with two attached hydrogens (primary N) is 1. The molecule has 3 nitrogen and oxygen atoms in total. The maximum absolute atomic E-state index is 12.4. The van der Waals surface area contributed by atoms with Gasteiger partial charge in [0.15, 0.2) is 5.78 Å². The highest BCUT2D eigenvalue weighted by Gasteiger charge is 2.19. The van der Waals surface area contributed by atoms with E-state index in [-0.39, 0.29) is 5.78 Å². The SMILES string of the molecule is Nc1cc(C(=O)CC2CCCCC2)nc2ccccc12. The first-order valence-corrected chi connectivity index (χ1v) is 7.42. The summed E-state index contributed by atoms with van der Waals surface area (Å²) in [5.74, 6) is 0.667. The number of carbonyl (C=O) groups excluding carboxylic acids is 1. The van der Waals surface area contributed by atoms with Gasteiger partial charge in [-0.1, -0.05) is 50.3 Å². The number of rotatable bonds is 3. The van der Waals surface area contributed by atoms with Gasteiger partial charge < -0.3 is 5.73 Å². The van der Waals surface area contributed by atoms with Crippen molar-refractivity contribution in [2.75, 3.05) is 5.73 Å². The smallest absolute Gasteiger partial charge is 0.181 e. The van der Waals surface area contributed by atoms with Crippen LogP contribution in [0, 0.1) is 5.92 Å². The molecule has 2 N–H and O–H groups in total. The lowest BCUT2D eigenvalue weighted by Gasteiger charge is -2.20. The van der Waals surface area contributed by atoms with E-state index >= 15 is 0 Å². The summed E-state index contributed by atoms with van der Waals surface area (Å²) in [6.45, 7) is 0. The fourth-order valence-electron chi connectivity index (χ4n) is 3.10. The van der Waals surface area contributed by atoms with E-state index in [1.807, 2.05) is 24.3 Å². The van der Waals surface area contributed by atoms with E-state index in [0.717, 1.165) is 10.9 Å². The maximum Gasteiger partial charge on any atom is 0.181 e. The van der Waals surface area contributed by atoms with E-state index in [4.69, 9.17) is 5.73 Å². The zero-order valence-corrected chi connectivity index (χ0v) is 11.6. The van der Waals surface area contributed by atoms with Crippen LogP contribution < -0.4 is 5.73 Å². The normalized spacial score (nSPS) is 16.4. The third-order valence-corrected chi connectivity index (χ3v) is 4.23. The molecule has 1 aromatic carbocycles. The number of carbonyl (C=O) groups is 1. The van der Waals surface area contributed by atoms with E-state index in [2.05, 4.69) is 4.98 Å². The van der Waals surface area contributed by atoms with Crippen molar-refractivity contribution in [3.05, 3.63) is 36.0 Å². The summed E-state index contributed by atoms with van der Waals surface area (Å²) in [5, 5.41) is 0.918. The van der Waals surface area contributed by atoms with Crippen molar-refractivity contribution in [1.29, 1.82) is 0 Å². The number of benzene rings is 1. The second-order valence-electron chi connectivity index (χ2n) is 5.75. The first-order chi connectivity index (χ1) is 9.74. The van der Waals surface area contributed by atoms with Crippen molar-refractivity contribution in [3.63, 3.8) is 0 Å². The molecule has 0 saturated heterocycles. The Kier molecular flexibility index (Phi) is 3.68. The van der Waals surface area contributed by atoms with Crippen molar-refractivity contribution < 1.29 is 4.79 Å². The number of para-hydroxylation sites is 1. The number of hydrogen-bond acceptors (Lipinski definition) is 3. The Bertz CT molecular complexity index is 630. The molecule has 1 heterocycles. The van der Waals surface area contributed by atoms with E-state index in [0.29, 0.717) is 23.7 Å². The number of Topliss-reactive ketones (excluding diaryl/α,β-unsaturated/α-hetero) is 1. The van der Waals surface area contributed by atoms with Crippen LogP contribution >= 0.6 is 0 Å². The molecule has 1 aromatic heterocycles. The molecule has 0 radical (unpaired) electrons. The zero-order chi connectivity index (χ0) is 13.9. The van der Waals surface area contributed by atoms with Gasteiger partial charge in [-0.2, -0.15) is 0 Å². The molecule has 2 aromatic rings. The van der Waals surface area contributed by atoms with Gasteiger partial charge in [-0.25, -0.2) is 4.98 Å². The van der Waals surface area contributed by atoms with Crippen molar-refractivity contribution in [2.24, 2.45) is 5.92 Å². The predicted molar refractivity (Wildman–Crippen MR) is 81.7 cm³/mol. The highest BCUT2D eigenvalue weighted by molar-refractivity contribution is 6.00. The van der Waals surface area contributed by atoms with Gasteiger partial charge in [0, 0.05) is 17.5 Å². The van der Waals surface area contributed by atoms with Gasteiger partial charge in [-0.05, 0) is 18.1 Å². The van der Waals surface area contributed by atoms with Gasteiger partial charge >= 0.3 is 0 Å². The van der Waals surface area contributed by atoms with Crippen LogP contribution in [0.15, 0.2) is 30.3 Å². The van der Waals surface area contributed by atoms with Crippen molar-refractivity contribution in [2.45, 2.75) is 38.5 Å². The summed E-state index contributed by atoms with van der Waals surface area (Å²) in [7, 11) is 0. The number of pyridine rings is 1. The Labute approximate surface area is 119 Å². The van der Waals surface area contributed by atoms with Crippen LogP contribution in [-0.2, 0) is 0 Å². The van der Waals surface area contributed by atoms with Crippen LogP contribution in [0.25, 0.3) is 10.9 Å². The van der Waals surface area contributed by atoms with Crippen molar-refractivity contribution >= 4 is 22.4 Å². The molecule has 0 amide bonds. The molecular weight excluding hydrogens is 248 g/mol. The Morgan fingerprint density at radius 2 is 1.95 bits per heavy atom. The lowest BCUT2D eigenvalue weighted by Crippen LogP contribution is -2.13. The standard InChI is InChI=1S/C17H20N2O/c18-14-11-16(19-15-9-5-4-8-13(14)15)17(20)10-12-6-2-1-3-7-12/h4-5,8-9,11-12H,1-3,6-7,10H2,(H2,18,19). The molecule has 1 aliphatic rings. The first kappa shape index (κ1) is 13.1. The minimum atomic E-state index is 0.134. The second kappa shape index (κ2) is 5.61. The Balaban J connectivity index is 1.84. The van der Waals surface area contributed by atoms with Gasteiger partial charge in [-0.3, -0.25) is 4.79 Å². The largest absolute Gasteiger partial charge is 0.398 e. The Hall–Kier alpha value is -1.90. The average Bonchev–Trinajstić information content (AvgIpc) is 2.48. The first-order valence-electron chi connectivity index (χ1n) is 7.42. The molecule has 3 heteroatoms. The third-order valence-electron chi connectivity index (χ3n) is 4.23. The quantitative estimate of drug-likeness (QED) is 0.857. The third kappa shape index (κ3) is 2.67. The average molecular weight is 268 g/mol. The van der Waals surface area contributed by atoms with Crippen LogP contribution in [0.3, 0.4) is 0 Å². The Morgan fingerprint density at radius 1 is 1.20 bits per heavy atom. The lowest BCUT2D eigenvalue weighted by molar-refractivity contribution is 0.0945. The van der Waals surface area contributed by atoms with Crippen LogP contribution in [-0.4, -0.2) is 10.8 Å². The molecule has 0 atom stereocenters. The van der Waals surface area contributed by atoms with Gasteiger partial charge in [0.05, 0.1) is 5.52 Å². The number of fused-ring (bicyclic) bond motifs is 1. The Morgan fingerprint density at radius 3 is 2.75 bits per heavy atom. The van der Waals surface area contributed by atoms with Crippen LogP contribution in [0.1, 0.15) is 49.0 Å². The molecule has 1 fully saturated rings. The summed E-state index contributed by atoms with van der Waals surface area (Å²) in [5.41, 5.74) is 8.00. The second-order valence-corrected chi connectivity index (χ2v) is 5.75. The van der Waals surface area contributed by atoms with E-state index < -0.39 is 0 Å². The molecule has 0 bridgehead atoms. The molecule has 0 aliphatic heterocycles. The molecule has 20 heavy (non-hydrogen) atoms. The van der Waals surface area contributed by atoms with E-state index in [1.54, 1.807) is 6.07 Å². The molecule has 1 saturated carbocycles. The highest BCUT2D eigenvalue weighted by Crippen LogP contribution is 2.28. The van der Waals surface area contributed by atoms with Gasteiger partial charge in [0.25, 0.3) is 0 Å². The van der Waals surface area contributed by atoms with Gasteiger partial charge in [0.2, 0.25) is 0 Å². The topological polar surface area (TPSA) is 56.0 Å². The fraction of sp³-hybridized carbons (Fsp3) is 0.412. The van der Waals surface area contributed by atoms with Crippen LogP contribution in [0.4, 0.5) is 5.69 Å². The molecule has 1 aliphatic carbocycles. The number of nitrogen functional groups attached to an aromatic ring is 1. The highest BCUT2D eigenvalue weighted by atomic mass is 16.1. The van der Waals surface area contributed by atoms with E-state index in [9.17, 15) is 4.79 Å². The maximum atomic E-state index is 12.4. The summed E-state index contributed by atoms with van der Waals surface area (Å²) in [6, 6.07) is 9.43. The van der Waals surface area contributed by atoms with Gasteiger partial charge in [-0.15, -0.1) is 0 Å². The number of nitrogens with zero attached hydrogens (tertiary/aromatic N) is 1. The molecule has 3 rings (SSSR count). The summed E-state index contributed by atoms with van der Waals surface area (Å²) in [4.78, 5) is 16.9. The fourth-order valence-corrected chi connectivity index (χ4v) is 3.10. The van der Waals surface area contributed by atoms with Gasteiger partial charge in [0.1, 0.15) is 5.69 Å². The zero-order valence-electron chi connectivity index (χ0n) is 11.6. The number of aromatic nitrogens is 1. The van der Waals surface area contributed by atoms with Crippen LogP contribution in [0.5, 0.6) is 0 Å². The molecule has 0 unspecified atom stereocenters. The summed E-state index contributed by atoms with van der Waals surface area (Å²) < 4.78 is 0. The molecule has 0 spiro atoms. The summed E-state index contributed by atoms with van der Waals surface area (Å²) >= 11 is 0. The minimum absolute atomic E-state index is 0.134. The predicted octanol–water partition coefficient (Wildman–Crippen LogP) is 3.97.